The van der Waals surface area contributed by atoms with Crippen molar-refractivity contribution in [1.82, 2.24) is 15.2 Å². The number of nitrogens with one attached hydrogen (secondary N) is 1. The van der Waals surface area contributed by atoms with Gasteiger partial charge < -0.3 is 10.2 Å². The smallest absolute Gasteiger partial charge is 0.230 e. The van der Waals surface area contributed by atoms with Crippen LogP contribution in [0.2, 0.25) is 5.02 Å². The molecule has 0 spiro atoms. The van der Waals surface area contributed by atoms with E-state index in [4.69, 9.17) is 16.6 Å². The molecule has 1 aliphatic rings. The Morgan fingerprint density at radius 1 is 1.17 bits per heavy atom. The van der Waals surface area contributed by atoms with E-state index < -0.39 is 0 Å². The lowest BCUT2D eigenvalue weighted by molar-refractivity contribution is -0.118. The summed E-state index contributed by atoms with van der Waals surface area (Å²) in [6.45, 7) is 5.43. The molecule has 0 atom stereocenters. The largest absolute Gasteiger partial charge is 0.354 e. The van der Waals surface area contributed by atoms with Crippen molar-refractivity contribution in [1.29, 1.82) is 0 Å². The zero-order chi connectivity index (χ0) is 20.9. The fourth-order valence-electron chi connectivity index (χ4n) is 3.27. The predicted molar refractivity (Wildman–Crippen MR) is 131 cm³/mol. The summed E-state index contributed by atoms with van der Waals surface area (Å²) >= 11 is 12.7. The van der Waals surface area contributed by atoms with Crippen molar-refractivity contribution in [3.63, 3.8) is 0 Å². The maximum Gasteiger partial charge on any atom is 0.230 e. The Balaban J connectivity index is 1.16. The third-order valence-electron chi connectivity index (χ3n) is 4.92. The quantitative estimate of drug-likeness (QED) is 0.452. The van der Waals surface area contributed by atoms with Crippen LogP contribution in [0.3, 0.4) is 0 Å². The number of carbonyl (C=O) groups excluding carboxylic acids is 1. The van der Waals surface area contributed by atoms with Gasteiger partial charge in [-0.2, -0.15) is 0 Å². The van der Waals surface area contributed by atoms with Gasteiger partial charge in [0.05, 0.1) is 16.0 Å². The van der Waals surface area contributed by atoms with Gasteiger partial charge in [0.25, 0.3) is 0 Å². The second-order valence-corrected chi connectivity index (χ2v) is 10.4. The van der Waals surface area contributed by atoms with E-state index in [0.717, 1.165) is 52.7 Å². The van der Waals surface area contributed by atoms with Crippen LogP contribution in [0.25, 0.3) is 10.2 Å². The van der Waals surface area contributed by atoms with Crippen molar-refractivity contribution >= 4 is 71.9 Å². The van der Waals surface area contributed by atoms with Crippen LogP contribution < -0.4 is 10.2 Å². The van der Waals surface area contributed by atoms with Gasteiger partial charge >= 0.3 is 0 Å². The molecule has 0 aliphatic carbocycles. The Bertz CT molecular complexity index is 1010. The summed E-state index contributed by atoms with van der Waals surface area (Å²) in [5.41, 5.74) is 1.06. The molecule has 1 amide bonds. The van der Waals surface area contributed by atoms with Gasteiger partial charge in [0.1, 0.15) is 0 Å². The van der Waals surface area contributed by atoms with Crippen LogP contribution >= 0.6 is 50.6 Å². The van der Waals surface area contributed by atoms with Crippen LogP contribution in [-0.2, 0) is 4.79 Å². The third-order valence-corrected chi connectivity index (χ3v) is 7.75. The number of rotatable bonds is 7. The molecule has 1 aromatic heterocycles. The molecule has 0 bridgehead atoms. The van der Waals surface area contributed by atoms with Crippen molar-refractivity contribution in [3.8, 4) is 0 Å². The van der Waals surface area contributed by atoms with Gasteiger partial charge in [-0.3, -0.25) is 9.69 Å². The molecule has 30 heavy (non-hydrogen) atoms. The monoisotopic (exact) mass is 524 g/mol. The van der Waals surface area contributed by atoms with E-state index in [1.165, 1.54) is 16.5 Å². The van der Waals surface area contributed by atoms with Gasteiger partial charge in [0, 0.05) is 53.7 Å². The molecule has 2 heterocycles. The van der Waals surface area contributed by atoms with Gasteiger partial charge in [-0.05, 0) is 42.5 Å². The molecular formula is C21H22BrClN4OS2. The summed E-state index contributed by atoms with van der Waals surface area (Å²) in [4.78, 5) is 22.7. The minimum absolute atomic E-state index is 0.0641. The maximum absolute atomic E-state index is 12.1. The summed E-state index contributed by atoms with van der Waals surface area (Å²) in [5, 5.41) is 4.82. The average Bonchev–Trinajstić information content (AvgIpc) is 3.17. The molecule has 0 radical (unpaired) electrons. The molecule has 1 saturated heterocycles. The highest BCUT2D eigenvalue weighted by atomic mass is 79.9. The van der Waals surface area contributed by atoms with E-state index in [2.05, 4.69) is 43.2 Å². The van der Waals surface area contributed by atoms with Crippen LogP contribution in [0.1, 0.15) is 0 Å². The number of carbonyl (C=O) groups is 1. The predicted octanol–water partition coefficient (Wildman–Crippen LogP) is 4.74. The van der Waals surface area contributed by atoms with E-state index in [1.54, 1.807) is 11.3 Å². The average molecular weight is 526 g/mol. The highest BCUT2D eigenvalue weighted by Crippen LogP contribution is 2.31. The maximum atomic E-state index is 12.1. The van der Waals surface area contributed by atoms with E-state index in [-0.39, 0.29) is 5.91 Å². The Hall–Kier alpha value is -1.32. The first-order chi connectivity index (χ1) is 14.6. The molecule has 1 fully saturated rings. The van der Waals surface area contributed by atoms with Gasteiger partial charge in [0.2, 0.25) is 5.91 Å². The Labute approximate surface area is 197 Å². The van der Waals surface area contributed by atoms with Crippen LogP contribution in [0.5, 0.6) is 0 Å². The number of hydrogen-bond acceptors (Lipinski definition) is 6. The van der Waals surface area contributed by atoms with Crippen LogP contribution in [0.4, 0.5) is 5.13 Å². The molecule has 158 valence electrons. The number of thiazole rings is 1. The molecule has 1 N–H and O–H groups in total. The van der Waals surface area contributed by atoms with Gasteiger partial charge in [-0.1, -0.05) is 38.9 Å². The number of hydrogen-bond donors (Lipinski definition) is 1. The van der Waals surface area contributed by atoms with Crippen molar-refractivity contribution in [2.45, 2.75) is 4.90 Å². The Kier molecular flexibility index (Phi) is 7.54. The molecular weight excluding hydrogens is 504 g/mol. The topological polar surface area (TPSA) is 48.5 Å². The van der Waals surface area contributed by atoms with Crippen molar-refractivity contribution in [2.24, 2.45) is 0 Å². The lowest BCUT2D eigenvalue weighted by Gasteiger charge is -2.34. The van der Waals surface area contributed by atoms with E-state index in [9.17, 15) is 4.79 Å². The number of halogens is 2. The molecule has 1 aliphatic heterocycles. The molecule has 2 aromatic carbocycles. The molecule has 0 saturated carbocycles. The van der Waals surface area contributed by atoms with Gasteiger partial charge in [-0.15, -0.1) is 11.8 Å². The van der Waals surface area contributed by atoms with Crippen LogP contribution in [0.15, 0.2) is 51.8 Å². The van der Waals surface area contributed by atoms with E-state index in [0.29, 0.717) is 17.3 Å². The van der Waals surface area contributed by atoms with Crippen molar-refractivity contribution in [3.05, 3.63) is 52.0 Å². The first-order valence-electron chi connectivity index (χ1n) is 9.75. The van der Waals surface area contributed by atoms with Gasteiger partial charge in [0.15, 0.2) is 5.13 Å². The molecule has 0 unspecified atom stereocenters. The molecule has 3 aromatic rings. The zero-order valence-electron chi connectivity index (χ0n) is 16.3. The lowest BCUT2D eigenvalue weighted by atomic mass is 10.3. The number of anilines is 1. The van der Waals surface area contributed by atoms with E-state index >= 15 is 0 Å². The summed E-state index contributed by atoms with van der Waals surface area (Å²) < 4.78 is 2.30. The zero-order valence-corrected chi connectivity index (χ0v) is 20.3. The lowest BCUT2D eigenvalue weighted by Crippen LogP contribution is -2.48. The fourth-order valence-corrected chi connectivity index (χ4v) is 5.69. The number of fused-ring (bicyclic) bond motifs is 1. The second-order valence-electron chi connectivity index (χ2n) is 7.03. The molecule has 9 heteroatoms. The molecule has 5 nitrogen and oxygen atoms in total. The number of thioether (sulfide) groups is 1. The number of nitrogens with zero attached hydrogens (tertiary/aromatic N) is 3. The first kappa shape index (κ1) is 21.9. The van der Waals surface area contributed by atoms with E-state index in [1.807, 2.05) is 30.3 Å². The summed E-state index contributed by atoms with van der Waals surface area (Å²) in [6.07, 6.45) is 0. The summed E-state index contributed by atoms with van der Waals surface area (Å²) in [7, 11) is 0. The number of aromatic nitrogens is 1. The second kappa shape index (κ2) is 10.3. The van der Waals surface area contributed by atoms with Crippen LogP contribution in [-0.4, -0.2) is 60.8 Å². The standard InChI is InChI=1S/C21H22BrClN4OS2/c22-15-1-6-18-19(13-15)30-21(25-18)27-11-9-26(10-12-27)8-7-24-20(28)14-29-17-4-2-16(23)3-5-17/h1-6,13H,7-12,14H2,(H,24,28). The SMILES string of the molecule is O=C(CSc1ccc(Cl)cc1)NCCN1CCN(c2nc3ccc(Br)cc3s2)CC1. The minimum Gasteiger partial charge on any atom is -0.354 e. The number of piperazine rings is 1. The normalized spacial score (nSPS) is 14.9. The van der Waals surface area contributed by atoms with Crippen molar-refractivity contribution in [2.75, 3.05) is 49.9 Å². The van der Waals surface area contributed by atoms with Crippen molar-refractivity contribution < 1.29 is 4.79 Å². The number of amides is 1. The third kappa shape index (κ3) is 5.88. The summed E-state index contributed by atoms with van der Waals surface area (Å²) in [6, 6.07) is 13.8. The minimum atomic E-state index is 0.0641. The molecule has 4 rings (SSSR count). The summed E-state index contributed by atoms with van der Waals surface area (Å²) in [5.74, 6) is 0.484. The highest BCUT2D eigenvalue weighted by Gasteiger charge is 2.19. The first-order valence-corrected chi connectivity index (χ1v) is 12.7. The Morgan fingerprint density at radius 3 is 2.70 bits per heavy atom. The highest BCUT2D eigenvalue weighted by molar-refractivity contribution is 9.10. The fraction of sp³-hybridized carbons (Fsp3) is 0.333. The number of benzene rings is 2. The van der Waals surface area contributed by atoms with Crippen LogP contribution in [0, 0.1) is 0 Å². The van der Waals surface area contributed by atoms with Gasteiger partial charge in [-0.25, -0.2) is 4.98 Å². The Morgan fingerprint density at radius 2 is 1.93 bits per heavy atom.